The average Bonchev–Trinajstić information content (AvgIpc) is 2.39. The molecule has 0 aliphatic carbocycles. The second-order valence-electron chi connectivity index (χ2n) is 5.72. The topological polar surface area (TPSA) is 36.4 Å². The maximum Gasteiger partial charge on any atom is 0.151 e. The highest BCUT2D eigenvalue weighted by Gasteiger charge is 2.21. The van der Waals surface area contributed by atoms with Gasteiger partial charge in [-0.3, -0.25) is 4.79 Å². The van der Waals surface area contributed by atoms with Crippen molar-refractivity contribution in [2.24, 2.45) is 5.92 Å². The molecular weight excluding hydrogens is 238 g/mol. The molecule has 1 saturated heterocycles. The highest BCUT2D eigenvalue weighted by molar-refractivity contribution is 5.75. The molecule has 1 aromatic heterocycles. The molecule has 2 rings (SSSR count). The van der Waals surface area contributed by atoms with Gasteiger partial charge >= 0.3 is 0 Å². The highest BCUT2D eigenvalue weighted by atomic mass is 16.1. The Bertz CT molecular complexity index is 437. The fourth-order valence-corrected chi connectivity index (χ4v) is 2.83. The van der Waals surface area contributed by atoms with Gasteiger partial charge in [0.1, 0.15) is 5.82 Å². The van der Waals surface area contributed by atoms with Gasteiger partial charge in [0.05, 0.1) is 0 Å². The van der Waals surface area contributed by atoms with E-state index < -0.39 is 0 Å². The predicted octanol–water partition coefficient (Wildman–Crippen LogP) is 1.98. The van der Waals surface area contributed by atoms with E-state index in [9.17, 15) is 4.79 Å². The molecule has 0 bridgehead atoms. The van der Waals surface area contributed by atoms with Crippen molar-refractivity contribution < 1.29 is 4.79 Å². The number of hydrogen-bond donors (Lipinski definition) is 0. The van der Waals surface area contributed by atoms with Crippen molar-refractivity contribution in [1.82, 2.24) is 9.88 Å². The van der Waals surface area contributed by atoms with Gasteiger partial charge in [-0.15, -0.1) is 0 Å². The molecule has 0 unspecified atom stereocenters. The Labute approximate surface area is 115 Å². The number of nitrogens with zero attached hydrogens (tertiary/aromatic N) is 3. The Morgan fingerprint density at radius 1 is 1.42 bits per heavy atom. The molecule has 0 atom stereocenters. The average molecular weight is 261 g/mol. The molecule has 0 aromatic carbocycles. The number of rotatable bonds is 4. The van der Waals surface area contributed by atoms with E-state index in [0.717, 1.165) is 36.7 Å². The number of pyridine rings is 1. The molecule has 1 fully saturated rings. The number of piperidine rings is 1. The highest BCUT2D eigenvalue weighted by Crippen LogP contribution is 2.24. The summed E-state index contributed by atoms with van der Waals surface area (Å²) < 4.78 is 0. The van der Waals surface area contributed by atoms with Gasteiger partial charge in [0.25, 0.3) is 0 Å². The lowest BCUT2D eigenvalue weighted by atomic mass is 9.96. The number of aromatic nitrogens is 1. The summed E-state index contributed by atoms with van der Waals surface area (Å²) in [6.45, 7) is 5.32. The molecule has 4 nitrogen and oxygen atoms in total. The Hall–Kier alpha value is -1.42. The zero-order valence-corrected chi connectivity index (χ0v) is 12.1. The largest absolute Gasteiger partial charge is 0.356 e. The lowest BCUT2D eigenvalue weighted by Crippen LogP contribution is -2.37. The smallest absolute Gasteiger partial charge is 0.151 e. The van der Waals surface area contributed by atoms with Crippen LogP contribution in [0.1, 0.15) is 28.8 Å². The molecular formula is C15H23N3O. The molecule has 1 aliphatic rings. The van der Waals surface area contributed by atoms with Gasteiger partial charge in [0, 0.05) is 31.4 Å². The Kier molecular flexibility index (Phi) is 4.53. The lowest BCUT2D eigenvalue weighted by molar-refractivity contribution is 0.112. The van der Waals surface area contributed by atoms with Crippen LogP contribution in [0, 0.1) is 12.8 Å². The summed E-state index contributed by atoms with van der Waals surface area (Å²) in [6.07, 6.45) is 4.96. The third kappa shape index (κ3) is 3.53. The quantitative estimate of drug-likeness (QED) is 0.777. The van der Waals surface area contributed by atoms with Gasteiger partial charge < -0.3 is 9.80 Å². The minimum absolute atomic E-state index is 0.656. The van der Waals surface area contributed by atoms with Crippen molar-refractivity contribution in [3.63, 3.8) is 0 Å². The molecule has 0 N–H and O–H groups in total. The van der Waals surface area contributed by atoms with Crippen LogP contribution < -0.4 is 4.90 Å². The van der Waals surface area contributed by atoms with Crippen LogP contribution in [0.2, 0.25) is 0 Å². The minimum atomic E-state index is 0.656. The second-order valence-corrected chi connectivity index (χ2v) is 5.72. The van der Waals surface area contributed by atoms with Crippen LogP contribution in [-0.4, -0.2) is 49.9 Å². The molecule has 0 radical (unpaired) electrons. The predicted molar refractivity (Wildman–Crippen MR) is 77.9 cm³/mol. The molecule has 4 heteroatoms. The van der Waals surface area contributed by atoms with Gasteiger partial charge in [-0.2, -0.15) is 0 Å². The van der Waals surface area contributed by atoms with E-state index in [4.69, 9.17) is 0 Å². The van der Waals surface area contributed by atoms with E-state index in [1.165, 1.54) is 19.4 Å². The molecule has 0 spiro atoms. The summed E-state index contributed by atoms with van der Waals surface area (Å²) in [5.74, 6) is 1.83. The van der Waals surface area contributed by atoms with Crippen molar-refractivity contribution in [2.75, 3.05) is 38.6 Å². The van der Waals surface area contributed by atoms with Crippen LogP contribution in [0.25, 0.3) is 0 Å². The Balaban J connectivity index is 1.99. The van der Waals surface area contributed by atoms with Crippen LogP contribution in [0.15, 0.2) is 12.3 Å². The summed E-state index contributed by atoms with van der Waals surface area (Å²) in [4.78, 5) is 19.8. The van der Waals surface area contributed by atoms with E-state index in [1.807, 2.05) is 13.0 Å². The SMILES string of the molecule is Cc1cc(C=O)cnc1N1CCC(CN(C)C)CC1. The van der Waals surface area contributed by atoms with Crippen LogP contribution >= 0.6 is 0 Å². The van der Waals surface area contributed by atoms with Crippen molar-refractivity contribution in [3.05, 3.63) is 23.4 Å². The maximum atomic E-state index is 10.7. The summed E-state index contributed by atoms with van der Waals surface area (Å²) in [5, 5.41) is 0. The molecule has 0 amide bonds. The van der Waals surface area contributed by atoms with E-state index >= 15 is 0 Å². The van der Waals surface area contributed by atoms with Gasteiger partial charge in [-0.05, 0) is 51.4 Å². The number of carbonyl (C=O) groups is 1. The molecule has 1 aromatic rings. The molecule has 19 heavy (non-hydrogen) atoms. The summed E-state index contributed by atoms with van der Waals surface area (Å²) in [7, 11) is 4.27. The number of hydrogen-bond acceptors (Lipinski definition) is 4. The maximum absolute atomic E-state index is 10.7. The van der Waals surface area contributed by atoms with Crippen LogP contribution in [0.3, 0.4) is 0 Å². The van der Waals surface area contributed by atoms with Gasteiger partial charge in [-0.1, -0.05) is 0 Å². The van der Waals surface area contributed by atoms with Crippen LogP contribution in [-0.2, 0) is 0 Å². The van der Waals surface area contributed by atoms with Gasteiger partial charge in [0.15, 0.2) is 6.29 Å². The first kappa shape index (κ1) is 14.0. The number of aryl methyl sites for hydroxylation is 1. The van der Waals surface area contributed by atoms with Gasteiger partial charge in [-0.25, -0.2) is 4.98 Å². The molecule has 0 saturated carbocycles. The number of carbonyl (C=O) groups excluding carboxylic acids is 1. The van der Waals surface area contributed by atoms with Crippen molar-refractivity contribution in [3.8, 4) is 0 Å². The Morgan fingerprint density at radius 2 is 2.11 bits per heavy atom. The zero-order chi connectivity index (χ0) is 13.8. The standard InChI is InChI=1S/C15H23N3O/c1-12-8-14(11-19)9-16-15(12)18-6-4-13(5-7-18)10-17(2)3/h8-9,11,13H,4-7,10H2,1-3H3. The van der Waals surface area contributed by atoms with E-state index in [1.54, 1.807) is 6.20 Å². The fourth-order valence-electron chi connectivity index (χ4n) is 2.83. The van der Waals surface area contributed by atoms with E-state index in [0.29, 0.717) is 5.56 Å². The normalized spacial score (nSPS) is 16.9. The van der Waals surface area contributed by atoms with Crippen molar-refractivity contribution >= 4 is 12.1 Å². The summed E-state index contributed by atoms with van der Waals surface area (Å²) in [6, 6.07) is 1.92. The first-order valence-electron chi connectivity index (χ1n) is 6.91. The first-order valence-corrected chi connectivity index (χ1v) is 6.91. The van der Waals surface area contributed by atoms with Crippen molar-refractivity contribution in [1.29, 1.82) is 0 Å². The third-order valence-electron chi connectivity index (χ3n) is 3.75. The van der Waals surface area contributed by atoms with E-state index in [2.05, 4.69) is 28.9 Å². The zero-order valence-electron chi connectivity index (χ0n) is 12.1. The minimum Gasteiger partial charge on any atom is -0.356 e. The first-order chi connectivity index (χ1) is 9.10. The van der Waals surface area contributed by atoms with Crippen LogP contribution in [0.4, 0.5) is 5.82 Å². The number of anilines is 1. The third-order valence-corrected chi connectivity index (χ3v) is 3.75. The van der Waals surface area contributed by atoms with Crippen LogP contribution in [0.5, 0.6) is 0 Å². The van der Waals surface area contributed by atoms with Gasteiger partial charge in [0.2, 0.25) is 0 Å². The summed E-state index contributed by atoms with van der Waals surface area (Å²) >= 11 is 0. The monoisotopic (exact) mass is 261 g/mol. The van der Waals surface area contributed by atoms with Crippen molar-refractivity contribution in [2.45, 2.75) is 19.8 Å². The molecule has 1 aliphatic heterocycles. The summed E-state index contributed by atoms with van der Waals surface area (Å²) in [5.41, 5.74) is 1.75. The number of aldehydes is 1. The molecule has 104 valence electrons. The lowest BCUT2D eigenvalue weighted by Gasteiger charge is -2.34. The second kappa shape index (κ2) is 6.15. The Morgan fingerprint density at radius 3 is 2.63 bits per heavy atom. The van der Waals surface area contributed by atoms with E-state index in [-0.39, 0.29) is 0 Å². The molecule has 2 heterocycles. The fraction of sp³-hybridized carbons (Fsp3) is 0.600.